The minimum absolute atomic E-state index is 0.0127. The van der Waals surface area contributed by atoms with E-state index in [1.165, 1.54) is 10.9 Å². The Kier molecular flexibility index (Phi) is 13.3. The number of carbonyl (C=O) groups is 3. The first-order valence-electron chi connectivity index (χ1n) is 19.0. The molecule has 54 heavy (non-hydrogen) atoms. The number of carbonyl (C=O) groups excluding carboxylic acids is 3. The highest BCUT2D eigenvalue weighted by atomic mass is 16.6. The highest BCUT2D eigenvalue weighted by Crippen LogP contribution is 2.28. The Hall–Kier alpha value is -5.04. The van der Waals surface area contributed by atoms with Gasteiger partial charge >= 0.3 is 6.09 Å². The summed E-state index contributed by atoms with van der Waals surface area (Å²) in [6.45, 7) is 9.39. The molecule has 5 rings (SSSR count). The number of piperidine rings is 1. The monoisotopic (exact) mass is 741 g/mol. The molecular formula is C41H55N7O6. The van der Waals surface area contributed by atoms with Gasteiger partial charge < -0.3 is 25.4 Å². The Morgan fingerprint density at radius 2 is 1.63 bits per heavy atom. The molecule has 1 fully saturated rings. The van der Waals surface area contributed by atoms with E-state index in [9.17, 15) is 24.3 Å². The molecule has 0 unspecified atom stereocenters. The number of amides is 3. The third kappa shape index (κ3) is 11.0. The van der Waals surface area contributed by atoms with Crippen molar-refractivity contribution in [1.29, 1.82) is 0 Å². The molecule has 2 aromatic heterocycles. The Labute approximate surface area is 317 Å². The maximum absolute atomic E-state index is 13.6. The van der Waals surface area contributed by atoms with Crippen LogP contribution < -0.4 is 16.2 Å². The molecule has 3 amide bonds. The number of likely N-dealkylation sites (tertiary alicyclic amines) is 1. The highest BCUT2D eigenvalue weighted by Gasteiger charge is 2.35. The summed E-state index contributed by atoms with van der Waals surface area (Å²) in [4.78, 5) is 57.2. The van der Waals surface area contributed by atoms with Crippen LogP contribution in [0.15, 0.2) is 65.7 Å². The molecule has 1 atom stereocenters. The summed E-state index contributed by atoms with van der Waals surface area (Å²) in [6, 6.07) is 17.7. The summed E-state index contributed by atoms with van der Waals surface area (Å²) in [6.07, 6.45) is 6.03. The molecule has 0 spiro atoms. The normalized spacial score (nSPS) is 14.8. The lowest BCUT2D eigenvalue weighted by molar-refractivity contribution is -0.136. The van der Waals surface area contributed by atoms with Crippen molar-refractivity contribution in [2.75, 3.05) is 19.6 Å². The van der Waals surface area contributed by atoms with Gasteiger partial charge in [0.1, 0.15) is 11.1 Å². The van der Waals surface area contributed by atoms with E-state index in [4.69, 9.17) is 4.74 Å². The Morgan fingerprint density at radius 1 is 0.944 bits per heavy atom. The van der Waals surface area contributed by atoms with Crippen LogP contribution in [-0.2, 0) is 34.5 Å². The van der Waals surface area contributed by atoms with Gasteiger partial charge in [0.05, 0.1) is 24.2 Å². The number of hydrogen-bond acceptors (Lipinski definition) is 8. The molecule has 0 radical (unpaired) electrons. The predicted octanol–water partition coefficient (Wildman–Crippen LogP) is 5.44. The van der Waals surface area contributed by atoms with Gasteiger partial charge in [-0.25, -0.2) is 9.78 Å². The molecule has 2 aromatic carbocycles. The first-order valence-corrected chi connectivity index (χ1v) is 19.0. The average Bonchev–Trinajstić information content (AvgIpc) is 3.47. The first kappa shape index (κ1) is 40.2. The zero-order chi connectivity index (χ0) is 38.9. The van der Waals surface area contributed by atoms with E-state index >= 15 is 0 Å². The molecule has 0 saturated carbocycles. The summed E-state index contributed by atoms with van der Waals surface area (Å²) in [7, 11) is 1.77. The van der Waals surface area contributed by atoms with E-state index in [-0.39, 0.29) is 35.4 Å². The SMILES string of the molecule is C[C@H](CC(=O)N1CCC(O)(Cn2cnc3c(-c4ccc(CNC(=O)CCCCCCNC(=O)OC(C)(C)C)cc4)n(C)nc3c2=O)CC1)c1ccccc1. The van der Waals surface area contributed by atoms with Crippen LogP contribution in [0.4, 0.5) is 4.79 Å². The van der Waals surface area contributed by atoms with Gasteiger partial charge in [0.2, 0.25) is 11.8 Å². The Bertz CT molecular complexity index is 1940. The summed E-state index contributed by atoms with van der Waals surface area (Å²) < 4.78 is 8.29. The van der Waals surface area contributed by atoms with Gasteiger partial charge in [0, 0.05) is 51.6 Å². The van der Waals surface area contributed by atoms with Crippen molar-refractivity contribution in [3.63, 3.8) is 0 Å². The lowest BCUT2D eigenvalue weighted by Crippen LogP contribution is -2.49. The lowest BCUT2D eigenvalue weighted by Gasteiger charge is -2.38. The molecule has 1 aliphatic rings. The number of benzene rings is 2. The quantitative estimate of drug-likeness (QED) is 0.136. The fourth-order valence-corrected chi connectivity index (χ4v) is 6.81. The Balaban J connectivity index is 1.08. The molecule has 4 aromatic rings. The topological polar surface area (TPSA) is 161 Å². The molecule has 13 heteroatoms. The van der Waals surface area contributed by atoms with Crippen LogP contribution in [0, 0.1) is 0 Å². The zero-order valence-corrected chi connectivity index (χ0v) is 32.3. The van der Waals surface area contributed by atoms with Gasteiger partial charge in [-0.2, -0.15) is 5.10 Å². The second-order valence-electron chi connectivity index (χ2n) is 15.5. The minimum Gasteiger partial charge on any atom is -0.444 e. The molecule has 1 aliphatic heterocycles. The van der Waals surface area contributed by atoms with Crippen LogP contribution in [0.2, 0.25) is 0 Å². The largest absolute Gasteiger partial charge is 0.444 e. The van der Waals surface area contributed by atoms with Crippen molar-refractivity contribution in [3.05, 3.63) is 82.4 Å². The van der Waals surface area contributed by atoms with Gasteiger partial charge in [-0.15, -0.1) is 0 Å². The molecule has 0 bridgehead atoms. The van der Waals surface area contributed by atoms with E-state index < -0.39 is 17.3 Å². The number of rotatable bonds is 15. The smallest absolute Gasteiger partial charge is 0.407 e. The molecule has 0 aliphatic carbocycles. The van der Waals surface area contributed by atoms with Crippen molar-refractivity contribution >= 4 is 28.9 Å². The molecule has 1 saturated heterocycles. The highest BCUT2D eigenvalue weighted by molar-refractivity contribution is 5.89. The van der Waals surface area contributed by atoms with Gasteiger partial charge in [0.25, 0.3) is 5.56 Å². The third-order valence-electron chi connectivity index (χ3n) is 9.89. The van der Waals surface area contributed by atoms with E-state index in [0.29, 0.717) is 63.1 Å². The van der Waals surface area contributed by atoms with Crippen LogP contribution in [0.25, 0.3) is 22.3 Å². The van der Waals surface area contributed by atoms with Gasteiger partial charge in [0.15, 0.2) is 5.52 Å². The van der Waals surface area contributed by atoms with Gasteiger partial charge in [-0.1, -0.05) is 74.4 Å². The van der Waals surface area contributed by atoms with Crippen LogP contribution in [-0.4, -0.2) is 78.1 Å². The molecule has 290 valence electrons. The number of nitrogens with zero attached hydrogens (tertiary/aromatic N) is 5. The van der Waals surface area contributed by atoms with Crippen molar-refractivity contribution < 1.29 is 24.2 Å². The van der Waals surface area contributed by atoms with Crippen molar-refractivity contribution in [2.24, 2.45) is 7.05 Å². The van der Waals surface area contributed by atoms with E-state index in [1.54, 1.807) is 11.7 Å². The van der Waals surface area contributed by atoms with Crippen LogP contribution in [0.1, 0.15) is 96.1 Å². The summed E-state index contributed by atoms with van der Waals surface area (Å²) in [5, 5.41) is 21.7. The van der Waals surface area contributed by atoms with Crippen LogP contribution >= 0.6 is 0 Å². The maximum atomic E-state index is 13.6. The zero-order valence-electron chi connectivity index (χ0n) is 32.3. The standard InChI is InChI=1S/C41H55N7O6/c1-29(31-13-9-8-10-14-31)25-34(50)47-23-20-41(53,21-24-47)27-48-28-44-35-36(38(48)51)45-46(5)37(35)32-18-16-30(17-19-32)26-43-33(49)15-11-6-7-12-22-42-39(52)54-40(2,3)4/h8-10,13-14,16-19,28-29,53H,6-7,11-12,15,20-27H2,1-5H3,(H,42,52)(H,43,49)/t29-/m1/s1. The van der Waals surface area contributed by atoms with Crippen molar-refractivity contribution in [3.8, 4) is 11.3 Å². The molecule has 3 heterocycles. The van der Waals surface area contributed by atoms with Crippen LogP contribution in [0.5, 0.6) is 0 Å². The predicted molar refractivity (Wildman–Crippen MR) is 208 cm³/mol. The van der Waals surface area contributed by atoms with E-state index in [0.717, 1.165) is 42.4 Å². The Morgan fingerprint density at radius 3 is 2.31 bits per heavy atom. The van der Waals surface area contributed by atoms with E-state index in [2.05, 4.69) is 20.7 Å². The summed E-state index contributed by atoms with van der Waals surface area (Å²) >= 11 is 0. The number of aliphatic hydroxyl groups is 1. The van der Waals surface area contributed by atoms with Crippen molar-refractivity contribution in [2.45, 2.75) is 109 Å². The average molecular weight is 742 g/mol. The van der Waals surface area contributed by atoms with Gasteiger partial charge in [-0.05, 0) is 63.5 Å². The number of aryl methyl sites for hydroxylation is 1. The number of unbranched alkanes of at least 4 members (excludes halogenated alkanes) is 3. The third-order valence-corrected chi connectivity index (χ3v) is 9.89. The fraction of sp³-hybridized carbons (Fsp3) is 0.512. The first-order chi connectivity index (χ1) is 25.7. The summed E-state index contributed by atoms with van der Waals surface area (Å²) in [5.74, 6) is 0.158. The number of fused-ring (bicyclic) bond motifs is 1. The summed E-state index contributed by atoms with van der Waals surface area (Å²) in [5.41, 5.74) is 2.29. The number of ether oxygens (including phenoxy) is 1. The number of aromatic nitrogens is 4. The number of nitrogens with one attached hydrogen (secondary N) is 2. The van der Waals surface area contributed by atoms with Gasteiger partial charge in [-0.3, -0.25) is 23.6 Å². The minimum atomic E-state index is -1.15. The molecular weight excluding hydrogens is 686 g/mol. The number of alkyl carbamates (subject to hydrolysis) is 1. The second kappa shape index (κ2) is 17.9. The fourth-order valence-electron chi connectivity index (χ4n) is 6.81. The lowest BCUT2D eigenvalue weighted by atomic mass is 9.90. The van der Waals surface area contributed by atoms with Crippen LogP contribution in [0.3, 0.4) is 0 Å². The van der Waals surface area contributed by atoms with Crippen molar-refractivity contribution in [1.82, 2.24) is 34.9 Å². The second-order valence-corrected chi connectivity index (χ2v) is 15.5. The number of hydrogen-bond donors (Lipinski definition) is 3. The molecule has 13 nitrogen and oxygen atoms in total. The van der Waals surface area contributed by atoms with E-state index in [1.807, 2.05) is 87.2 Å². The molecule has 3 N–H and O–H groups in total. The maximum Gasteiger partial charge on any atom is 0.407 e.